The lowest BCUT2D eigenvalue weighted by Crippen LogP contribution is -2.52. The molecule has 0 aliphatic carbocycles. The van der Waals surface area contributed by atoms with Crippen molar-refractivity contribution in [2.75, 3.05) is 24.8 Å². The van der Waals surface area contributed by atoms with E-state index < -0.39 is 11.9 Å². The van der Waals surface area contributed by atoms with Gasteiger partial charge < -0.3 is 20.1 Å². The third-order valence-electron chi connectivity index (χ3n) is 9.11. The van der Waals surface area contributed by atoms with Gasteiger partial charge >= 0.3 is 0 Å². The normalized spacial score (nSPS) is 15.9. The smallest absolute Gasteiger partial charge is 0.255 e. The second-order valence-electron chi connectivity index (χ2n) is 12.6. The van der Waals surface area contributed by atoms with Gasteiger partial charge in [-0.05, 0) is 94.8 Å². The average molecular weight is 738 g/mol. The van der Waals surface area contributed by atoms with Gasteiger partial charge in [0.1, 0.15) is 24.1 Å². The number of piperidine rings is 1. The highest BCUT2D eigenvalue weighted by Gasteiger charge is 2.39. The van der Waals surface area contributed by atoms with Crippen molar-refractivity contribution in [3.05, 3.63) is 125 Å². The topological polar surface area (TPSA) is 125 Å². The molecule has 1 atom stereocenters. The summed E-state index contributed by atoms with van der Waals surface area (Å²) < 4.78 is 5.94. The van der Waals surface area contributed by atoms with Crippen molar-refractivity contribution in [3.8, 4) is 11.5 Å². The van der Waals surface area contributed by atoms with Gasteiger partial charge in [0.05, 0.1) is 6.54 Å². The number of imide groups is 1. The number of hydrogen-bond donors (Lipinski definition) is 3. The Kier molecular flexibility index (Phi) is 12.3. The van der Waals surface area contributed by atoms with Crippen LogP contribution in [0.3, 0.4) is 0 Å². The summed E-state index contributed by atoms with van der Waals surface area (Å²) in [6.45, 7) is 1.01. The zero-order valence-corrected chi connectivity index (χ0v) is 30.2. The largest absolute Gasteiger partial charge is 0.508 e. The van der Waals surface area contributed by atoms with E-state index in [2.05, 4.69) is 22.8 Å². The Balaban J connectivity index is 0.975. The zero-order valence-electron chi connectivity index (χ0n) is 28.6. The van der Waals surface area contributed by atoms with Crippen LogP contribution in [-0.2, 0) is 20.9 Å². The average Bonchev–Trinajstić information content (AvgIpc) is 3.49. The van der Waals surface area contributed by atoms with E-state index in [9.17, 15) is 24.3 Å². The van der Waals surface area contributed by atoms with Gasteiger partial charge in [0.15, 0.2) is 0 Å². The summed E-state index contributed by atoms with van der Waals surface area (Å²) in [6, 6.07) is 30.1. The molecule has 268 valence electrons. The van der Waals surface area contributed by atoms with E-state index in [4.69, 9.17) is 16.3 Å². The van der Waals surface area contributed by atoms with Crippen LogP contribution in [0.2, 0.25) is 0 Å². The summed E-state index contributed by atoms with van der Waals surface area (Å²) in [7, 11) is 0. The van der Waals surface area contributed by atoms with E-state index in [0.717, 1.165) is 38.3 Å². The van der Waals surface area contributed by atoms with Crippen LogP contribution in [0.4, 0.5) is 0 Å². The standard InChI is InChI=1S/C41H40ClN3O6S/c42-22-21-32(27-6-2-1-3-7-27)39(28-11-15-30(46)16-12-28)29-13-17-31(18-14-29)51-24-23-43-37(47)10-5-25-52-36-9-4-8-33-34(36)26-45(41(33)50)35-19-20-38(48)44-40(35)49/h1-4,6-9,11-18,35,46H,5,10,19-26H2,(H,43,47)(H,44,48,49). The molecule has 9 nitrogen and oxygen atoms in total. The number of hydrogen-bond acceptors (Lipinski definition) is 7. The number of nitrogens with one attached hydrogen (secondary N) is 2. The number of rotatable bonds is 15. The lowest BCUT2D eigenvalue weighted by molar-refractivity contribution is -0.137. The molecule has 1 saturated heterocycles. The van der Waals surface area contributed by atoms with Crippen LogP contribution in [0, 0.1) is 0 Å². The first-order valence-corrected chi connectivity index (χ1v) is 18.9. The highest BCUT2D eigenvalue weighted by molar-refractivity contribution is 7.99. The Labute approximate surface area is 312 Å². The number of phenols is 1. The molecule has 1 unspecified atom stereocenters. The van der Waals surface area contributed by atoms with Crippen molar-refractivity contribution in [1.82, 2.24) is 15.5 Å². The van der Waals surface area contributed by atoms with E-state index >= 15 is 0 Å². The molecular weight excluding hydrogens is 698 g/mol. The molecule has 6 rings (SSSR count). The molecular formula is C41H40ClN3O6S. The number of nitrogens with zero attached hydrogens (tertiary/aromatic N) is 1. The molecule has 2 heterocycles. The molecule has 52 heavy (non-hydrogen) atoms. The van der Waals surface area contributed by atoms with E-state index in [0.29, 0.717) is 68.3 Å². The quantitative estimate of drug-likeness (QED) is 0.0403. The minimum Gasteiger partial charge on any atom is -0.508 e. The highest BCUT2D eigenvalue weighted by atomic mass is 35.5. The first-order chi connectivity index (χ1) is 25.3. The third kappa shape index (κ3) is 8.86. The first-order valence-electron chi connectivity index (χ1n) is 17.4. The number of allylic oxidation sites excluding steroid dienone is 1. The number of benzene rings is 4. The fourth-order valence-corrected chi connectivity index (χ4v) is 7.78. The number of halogens is 1. The van der Waals surface area contributed by atoms with Crippen molar-refractivity contribution in [1.29, 1.82) is 0 Å². The van der Waals surface area contributed by atoms with Gasteiger partial charge in [-0.15, -0.1) is 23.4 Å². The third-order valence-corrected chi connectivity index (χ3v) is 10.5. The number of carbonyl (C=O) groups is 4. The number of ether oxygens (including phenoxy) is 1. The number of amides is 4. The Hall–Kier alpha value is -5.06. The minimum absolute atomic E-state index is 0.0616. The highest BCUT2D eigenvalue weighted by Crippen LogP contribution is 2.37. The molecule has 2 aliphatic rings. The summed E-state index contributed by atoms with van der Waals surface area (Å²) >= 11 is 7.86. The van der Waals surface area contributed by atoms with Crippen LogP contribution in [0.15, 0.2) is 102 Å². The summed E-state index contributed by atoms with van der Waals surface area (Å²) in [6.07, 6.45) is 2.21. The zero-order chi connectivity index (χ0) is 36.5. The molecule has 0 saturated carbocycles. The molecule has 0 aromatic heterocycles. The molecule has 0 bridgehead atoms. The SMILES string of the molecule is O=C(CCCSc1cccc2c1CN(C1CCC(=O)NC1=O)C2=O)NCCOc1ccc(C(=C(CCCl)c2ccccc2)c2ccc(O)cc2)cc1. The van der Waals surface area contributed by atoms with Crippen molar-refractivity contribution >= 4 is 58.1 Å². The van der Waals surface area contributed by atoms with Gasteiger partial charge in [0, 0.05) is 35.7 Å². The molecule has 4 aromatic rings. The van der Waals surface area contributed by atoms with Crippen LogP contribution in [0.1, 0.15) is 64.7 Å². The van der Waals surface area contributed by atoms with Crippen molar-refractivity contribution in [2.45, 2.75) is 49.6 Å². The lowest BCUT2D eigenvalue weighted by Gasteiger charge is -2.29. The molecule has 4 aromatic carbocycles. The van der Waals surface area contributed by atoms with Gasteiger partial charge in [-0.2, -0.15) is 0 Å². The van der Waals surface area contributed by atoms with Gasteiger partial charge in [-0.1, -0.05) is 60.7 Å². The molecule has 2 aliphatic heterocycles. The van der Waals surface area contributed by atoms with Gasteiger partial charge in [-0.3, -0.25) is 24.5 Å². The number of thioether (sulfide) groups is 1. The van der Waals surface area contributed by atoms with Crippen LogP contribution < -0.4 is 15.4 Å². The number of fused-ring (bicyclic) bond motifs is 1. The number of alkyl halides is 1. The van der Waals surface area contributed by atoms with Crippen LogP contribution >= 0.6 is 23.4 Å². The maximum absolute atomic E-state index is 13.1. The molecule has 3 N–H and O–H groups in total. The molecule has 11 heteroatoms. The maximum Gasteiger partial charge on any atom is 0.255 e. The Morgan fingerprint density at radius 3 is 2.35 bits per heavy atom. The van der Waals surface area contributed by atoms with Crippen molar-refractivity contribution < 1.29 is 29.0 Å². The fraction of sp³-hybridized carbons (Fsp3) is 0.268. The maximum atomic E-state index is 13.1. The monoisotopic (exact) mass is 737 g/mol. The van der Waals surface area contributed by atoms with E-state index in [1.807, 2.05) is 66.7 Å². The minimum atomic E-state index is -0.650. The van der Waals surface area contributed by atoms with E-state index in [1.54, 1.807) is 34.9 Å². The van der Waals surface area contributed by atoms with E-state index in [-0.39, 0.29) is 29.9 Å². The fourth-order valence-electron chi connectivity index (χ4n) is 6.56. The summed E-state index contributed by atoms with van der Waals surface area (Å²) in [5.74, 6) is 1.04. The van der Waals surface area contributed by atoms with Crippen LogP contribution in [0.5, 0.6) is 11.5 Å². The summed E-state index contributed by atoms with van der Waals surface area (Å²) in [4.78, 5) is 52.1. The predicted molar refractivity (Wildman–Crippen MR) is 203 cm³/mol. The second-order valence-corrected chi connectivity index (χ2v) is 14.1. The molecule has 0 radical (unpaired) electrons. The second kappa shape index (κ2) is 17.4. The number of phenolic OH excluding ortho intramolecular Hbond substituents is 1. The van der Waals surface area contributed by atoms with Crippen molar-refractivity contribution in [2.24, 2.45) is 0 Å². The van der Waals surface area contributed by atoms with Crippen molar-refractivity contribution in [3.63, 3.8) is 0 Å². The predicted octanol–water partition coefficient (Wildman–Crippen LogP) is 6.81. The summed E-state index contributed by atoms with van der Waals surface area (Å²) in [5.41, 5.74) is 6.65. The molecule has 0 spiro atoms. The number of carbonyl (C=O) groups excluding carboxylic acids is 4. The van der Waals surface area contributed by atoms with Crippen LogP contribution in [-0.4, -0.2) is 64.5 Å². The van der Waals surface area contributed by atoms with Gasteiger partial charge in [-0.25, -0.2) is 0 Å². The van der Waals surface area contributed by atoms with Crippen LogP contribution in [0.25, 0.3) is 11.1 Å². The molecule has 4 amide bonds. The lowest BCUT2D eigenvalue weighted by atomic mass is 9.88. The Morgan fingerprint density at radius 2 is 1.63 bits per heavy atom. The first kappa shape index (κ1) is 36.7. The Morgan fingerprint density at radius 1 is 0.904 bits per heavy atom. The van der Waals surface area contributed by atoms with Gasteiger partial charge in [0.25, 0.3) is 5.91 Å². The number of aromatic hydroxyl groups is 1. The Bertz CT molecular complexity index is 1950. The molecule has 1 fully saturated rings. The summed E-state index contributed by atoms with van der Waals surface area (Å²) in [5, 5.41) is 15.2. The van der Waals surface area contributed by atoms with E-state index in [1.165, 1.54) is 0 Å². The van der Waals surface area contributed by atoms with Gasteiger partial charge in [0.2, 0.25) is 17.7 Å².